The average molecular weight is 328 g/mol. The molecule has 0 spiro atoms. The molecule has 0 atom stereocenters. The van der Waals surface area contributed by atoms with Crippen LogP contribution in [0.3, 0.4) is 0 Å². The van der Waals surface area contributed by atoms with E-state index in [4.69, 9.17) is 69.6 Å². The summed E-state index contributed by atoms with van der Waals surface area (Å²) in [7, 11) is -3.74. The fourth-order valence-electron chi connectivity index (χ4n) is 0.546. The van der Waals surface area contributed by atoms with E-state index in [-0.39, 0.29) is 6.54 Å². The summed E-state index contributed by atoms with van der Waals surface area (Å²) in [5.74, 6) is 0. The van der Waals surface area contributed by atoms with Crippen LogP contribution in [0.1, 0.15) is 6.92 Å². The molecule has 0 fully saturated rings. The highest BCUT2D eigenvalue weighted by Crippen LogP contribution is 2.74. The maximum atomic E-state index is 12.0. The van der Waals surface area contributed by atoms with E-state index in [0.29, 0.717) is 0 Å². The van der Waals surface area contributed by atoms with Crippen LogP contribution in [-0.4, -0.2) is 13.6 Å². The van der Waals surface area contributed by atoms with Crippen LogP contribution < -0.4 is 5.09 Å². The van der Waals surface area contributed by atoms with Crippen LogP contribution >= 0.6 is 76.9 Å². The second kappa shape index (κ2) is 4.84. The lowest BCUT2D eigenvalue weighted by Gasteiger charge is -2.30. The summed E-state index contributed by atoms with van der Waals surface area (Å²) in [5, 5.41) is 2.40. The zero-order chi connectivity index (χ0) is 10.9. The first-order chi connectivity index (χ1) is 5.56. The van der Waals surface area contributed by atoms with E-state index >= 15 is 0 Å². The maximum Gasteiger partial charge on any atom is 0.259 e. The molecular formula is C4H6Cl6NOP. The van der Waals surface area contributed by atoms with Gasteiger partial charge in [0.05, 0.1) is 0 Å². The second-order valence-corrected chi connectivity index (χ2v) is 11.1. The molecule has 0 unspecified atom stereocenters. The van der Waals surface area contributed by atoms with Crippen molar-refractivity contribution >= 4 is 76.9 Å². The molecule has 0 saturated carbocycles. The van der Waals surface area contributed by atoms with Crippen LogP contribution in [0.5, 0.6) is 0 Å². The van der Waals surface area contributed by atoms with E-state index in [1.54, 1.807) is 6.92 Å². The molecule has 13 heavy (non-hydrogen) atoms. The Morgan fingerprint density at radius 1 is 1.08 bits per heavy atom. The smallest absolute Gasteiger partial charge is 0.259 e. The summed E-state index contributed by atoms with van der Waals surface area (Å²) in [6.07, 6.45) is 0. The lowest BCUT2D eigenvalue weighted by Crippen LogP contribution is -2.28. The molecule has 0 bridgehead atoms. The van der Waals surface area contributed by atoms with Crippen LogP contribution in [0.2, 0.25) is 0 Å². The summed E-state index contributed by atoms with van der Waals surface area (Å²) >= 11 is 32.7. The van der Waals surface area contributed by atoms with Crippen molar-refractivity contribution in [3.8, 4) is 0 Å². The van der Waals surface area contributed by atoms with E-state index < -0.39 is 14.4 Å². The van der Waals surface area contributed by atoms with Crippen molar-refractivity contribution in [1.82, 2.24) is 5.09 Å². The van der Waals surface area contributed by atoms with Gasteiger partial charge in [0, 0.05) is 0 Å². The van der Waals surface area contributed by atoms with Crippen molar-refractivity contribution in [1.29, 1.82) is 0 Å². The Hall–Kier alpha value is 1.93. The van der Waals surface area contributed by atoms with Gasteiger partial charge in [-0.3, -0.25) is 9.65 Å². The Morgan fingerprint density at radius 3 is 1.46 bits per heavy atom. The molecule has 80 valence electrons. The van der Waals surface area contributed by atoms with Gasteiger partial charge in [0.25, 0.3) is 7.07 Å². The Balaban J connectivity index is 5.10. The normalized spacial score (nSPS) is 14.7. The van der Waals surface area contributed by atoms with E-state index in [2.05, 4.69) is 5.09 Å². The number of alkyl halides is 6. The van der Waals surface area contributed by atoms with Crippen LogP contribution in [0, 0.1) is 0 Å². The summed E-state index contributed by atoms with van der Waals surface area (Å²) in [4.78, 5) is 0. The quantitative estimate of drug-likeness (QED) is 0.596. The Labute approximate surface area is 107 Å². The standard InChI is InChI=1S/C4H6Cl6NOP/c1-2-11-13(12,3(5,6)7)4(8,9)10/h2H2,1H3,(H,11,12). The fraction of sp³-hybridized carbons (Fsp3) is 1.00. The molecule has 0 aliphatic rings. The molecule has 0 radical (unpaired) electrons. The first-order valence-corrected chi connectivity index (χ1v) is 7.02. The third kappa shape index (κ3) is 3.46. The highest BCUT2D eigenvalue weighted by molar-refractivity contribution is 7.76. The van der Waals surface area contributed by atoms with Gasteiger partial charge in [-0.25, -0.2) is 0 Å². The minimum Gasteiger partial charge on any atom is -0.298 e. The van der Waals surface area contributed by atoms with Gasteiger partial charge < -0.3 is 0 Å². The fourth-order valence-corrected chi connectivity index (χ4v) is 6.16. The number of halogens is 6. The monoisotopic (exact) mass is 325 g/mol. The summed E-state index contributed by atoms with van der Waals surface area (Å²) < 4.78 is 7.66. The molecule has 1 N–H and O–H groups in total. The zero-order valence-electron chi connectivity index (χ0n) is 6.33. The van der Waals surface area contributed by atoms with Crippen molar-refractivity contribution in [3.63, 3.8) is 0 Å². The predicted octanol–water partition coefficient (Wildman–Crippen LogP) is 4.53. The van der Waals surface area contributed by atoms with E-state index in [1.165, 1.54) is 0 Å². The second-order valence-electron chi connectivity index (χ2n) is 2.06. The SMILES string of the molecule is CCNP(=O)(C(Cl)(Cl)Cl)C(Cl)(Cl)Cl. The van der Waals surface area contributed by atoms with Gasteiger partial charge in [-0.2, -0.15) is 0 Å². The van der Waals surface area contributed by atoms with Crippen LogP contribution in [0.15, 0.2) is 0 Å². The lowest BCUT2D eigenvalue weighted by atomic mass is 10.8. The highest BCUT2D eigenvalue weighted by atomic mass is 35.6. The van der Waals surface area contributed by atoms with Crippen molar-refractivity contribution in [3.05, 3.63) is 0 Å². The van der Waals surface area contributed by atoms with Gasteiger partial charge in [0.15, 0.2) is 0 Å². The molecule has 0 heterocycles. The maximum absolute atomic E-state index is 12.0. The van der Waals surface area contributed by atoms with Gasteiger partial charge in [-0.15, -0.1) is 0 Å². The summed E-state index contributed by atoms with van der Waals surface area (Å²) in [5.41, 5.74) is 0. The molecule has 0 aromatic heterocycles. The van der Waals surface area contributed by atoms with Gasteiger partial charge >= 0.3 is 0 Å². The molecule has 0 aromatic carbocycles. The zero-order valence-corrected chi connectivity index (χ0v) is 11.8. The van der Waals surface area contributed by atoms with Crippen molar-refractivity contribution in [2.24, 2.45) is 0 Å². The number of hydrogen-bond donors (Lipinski definition) is 1. The molecule has 2 nitrogen and oxygen atoms in total. The first-order valence-electron chi connectivity index (χ1n) is 3.05. The average Bonchev–Trinajstić information content (AvgIpc) is 1.82. The molecule has 0 saturated heterocycles. The predicted molar refractivity (Wildman–Crippen MR) is 61.9 cm³/mol. The van der Waals surface area contributed by atoms with E-state index in [1.807, 2.05) is 0 Å². The molecule has 0 amide bonds. The molecular weight excluding hydrogens is 322 g/mol. The number of nitrogens with one attached hydrogen (secondary N) is 1. The van der Waals surface area contributed by atoms with Crippen molar-refractivity contribution in [2.45, 2.75) is 14.0 Å². The van der Waals surface area contributed by atoms with Crippen LogP contribution in [0.4, 0.5) is 0 Å². The number of hydrogen-bond acceptors (Lipinski definition) is 1. The largest absolute Gasteiger partial charge is 0.298 e. The van der Waals surface area contributed by atoms with Gasteiger partial charge in [0.2, 0.25) is 7.29 Å². The highest BCUT2D eigenvalue weighted by Gasteiger charge is 2.57. The van der Waals surface area contributed by atoms with E-state index in [0.717, 1.165) is 0 Å². The van der Waals surface area contributed by atoms with Crippen molar-refractivity contribution in [2.75, 3.05) is 6.54 Å². The van der Waals surface area contributed by atoms with Gasteiger partial charge in [-0.05, 0) is 6.54 Å². The summed E-state index contributed by atoms with van der Waals surface area (Å²) in [6.45, 7) is 1.92. The molecule has 0 aromatic rings. The molecule has 0 aliphatic heterocycles. The van der Waals surface area contributed by atoms with Crippen molar-refractivity contribution < 1.29 is 4.57 Å². The van der Waals surface area contributed by atoms with E-state index in [9.17, 15) is 4.57 Å². The van der Waals surface area contributed by atoms with Crippen LogP contribution in [0.25, 0.3) is 0 Å². The van der Waals surface area contributed by atoms with Crippen LogP contribution in [-0.2, 0) is 4.57 Å². The Kier molecular flexibility index (Phi) is 5.56. The molecule has 9 heteroatoms. The van der Waals surface area contributed by atoms with Gasteiger partial charge in [-0.1, -0.05) is 76.5 Å². The Morgan fingerprint density at radius 2 is 1.38 bits per heavy atom. The lowest BCUT2D eigenvalue weighted by molar-refractivity contribution is 0.565. The third-order valence-corrected chi connectivity index (χ3v) is 7.57. The summed E-state index contributed by atoms with van der Waals surface area (Å²) in [6, 6.07) is 0. The minimum atomic E-state index is -3.74. The molecule has 0 rings (SSSR count). The minimum absolute atomic E-state index is 0.263. The molecule has 0 aliphatic carbocycles. The third-order valence-electron chi connectivity index (χ3n) is 1.09. The first kappa shape index (κ1) is 14.9. The number of rotatable bonds is 2. The Bertz CT molecular complexity index is 202. The van der Waals surface area contributed by atoms with Gasteiger partial charge in [0.1, 0.15) is 0 Å². The topological polar surface area (TPSA) is 29.1 Å².